The number of hydrogen-bond acceptors (Lipinski definition) is 4. The van der Waals surface area contributed by atoms with Crippen LogP contribution in [0.25, 0.3) is 22.2 Å². The minimum absolute atomic E-state index is 0. The van der Waals surface area contributed by atoms with Gasteiger partial charge in [0.1, 0.15) is 0 Å². The number of amides is 1. The lowest BCUT2D eigenvalue weighted by Gasteiger charge is -2.39. The first-order valence-electron chi connectivity index (χ1n) is 10.5. The SMILES string of the molecule is Cc1ccc2nc(-c3cccnc3)cc(C(=O)N3CCC4(CCNC4)CC3)c2c1.Cl.Cl. The van der Waals surface area contributed by atoms with Gasteiger partial charge in [0.2, 0.25) is 0 Å². The molecule has 0 bridgehead atoms. The van der Waals surface area contributed by atoms with Crippen LogP contribution < -0.4 is 5.32 Å². The van der Waals surface area contributed by atoms with Gasteiger partial charge >= 0.3 is 0 Å². The summed E-state index contributed by atoms with van der Waals surface area (Å²) in [5, 5.41) is 4.43. The van der Waals surface area contributed by atoms with Gasteiger partial charge in [-0.05, 0) is 68.5 Å². The number of nitrogens with one attached hydrogen (secondary N) is 1. The third kappa shape index (κ3) is 4.54. The number of rotatable bonds is 2. The van der Waals surface area contributed by atoms with E-state index in [1.54, 1.807) is 12.4 Å². The lowest BCUT2D eigenvalue weighted by Crippen LogP contribution is -2.44. The highest BCUT2D eigenvalue weighted by atomic mass is 35.5. The second kappa shape index (κ2) is 9.51. The largest absolute Gasteiger partial charge is 0.339 e. The maximum Gasteiger partial charge on any atom is 0.254 e. The number of pyridine rings is 2. The minimum Gasteiger partial charge on any atom is -0.339 e. The molecule has 1 spiro atoms. The molecular weight excluding hydrogens is 431 g/mol. The van der Waals surface area contributed by atoms with Gasteiger partial charge in [-0.2, -0.15) is 0 Å². The zero-order valence-electron chi connectivity index (χ0n) is 17.6. The van der Waals surface area contributed by atoms with Crippen LogP contribution in [0.15, 0.2) is 48.8 Å². The minimum atomic E-state index is 0. The van der Waals surface area contributed by atoms with Crippen molar-refractivity contribution in [3.8, 4) is 11.3 Å². The van der Waals surface area contributed by atoms with E-state index in [4.69, 9.17) is 4.98 Å². The lowest BCUT2D eigenvalue weighted by atomic mass is 9.77. The zero-order valence-corrected chi connectivity index (χ0v) is 19.3. The Morgan fingerprint density at radius 1 is 1.10 bits per heavy atom. The summed E-state index contributed by atoms with van der Waals surface area (Å²) in [6.07, 6.45) is 6.96. The first kappa shape index (κ1) is 23.5. The molecule has 2 aromatic heterocycles. The van der Waals surface area contributed by atoms with Crippen molar-refractivity contribution in [3.63, 3.8) is 0 Å². The van der Waals surface area contributed by atoms with Crippen molar-refractivity contribution in [2.75, 3.05) is 26.2 Å². The number of piperidine rings is 1. The van der Waals surface area contributed by atoms with E-state index in [1.165, 1.54) is 6.42 Å². The summed E-state index contributed by atoms with van der Waals surface area (Å²) < 4.78 is 0. The van der Waals surface area contributed by atoms with Crippen molar-refractivity contribution in [2.24, 2.45) is 5.41 Å². The molecule has 1 aromatic carbocycles. The molecular formula is C24H28Cl2N4O. The monoisotopic (exact) mass is 458 g/mol. The van der Waals surface area contributed by atoms with E-state index in [0.29, 0.717) is 5.41 Å². The van der Waals surface area contributed by atoms with E-state index in [0.717, 1.165) is 72.3 Å². The van der Waals surface area contributed by atoms with Crippen LogP contribution in [0.4, 0.5) is 0 Å². The predicted molar refractivity (Wildman–Crippen MR) is 129 cm³/mol. The summed E-state index contributed by atoms with van der Waals surface area (Å²) in [7, 11) is 0. The Balaban J connectivity index is 0.00000136. The fraction of sp³-hybridized carbons (Fsp3) is 0.375. The number of aromatic nitrogens is 2. The molecule has 0 saturated carbocycles. The van der Waals surface area contributed by atoms with Crippen molar-refractivity contribution in [1.29, 1.82) is 0 Å². The van der Waals surface area contributed by atoms with Crippen molar-refractivity contribution < 1.29 is 4.79 Å². The summed E-state index contributed by atoms with van der Waals surface area (Å²) in [6.45, 7) is 5.92. The van der Waals surface area contributed by atoms with Crippen LogP contribution in [0, 0.1) is 12.3 Å². The van der Waals surface area contributed by atoms with Gasteiger partial charge < -0.3 is 10.2 Å². The average Bonchev–Trinajstić information content (AvgIpc) is 3.21. The lowest BCUT2D eigenvalue weighted by molar-refractivity contribution is 0.0609. The molecule has 4 heterocycles. The summed E-state index contributed by atoms with van der Waals surface area (Å²) in [5.74, 6) is 0.119. The summed E-state index contributed by atoms with van der Waals surface area (Å²) >= 11 is 0. The third-order valence-electron chi connectivity index (χ3n) is 6.60. The van der Waals surface area contributed by atoms with Crippen LogP contribution >= 0.6 is 24.8 Å². The van der Waals surface area contributed by atoms with E-state index in [2.05, 4.69) is 23.3 Å². The highest BCUT2D eigenvalue weighted by Gasteiger charge is 2.38. The molecule has 2 aliphatic heterocycles. The highest BCUT2D eigenvalue weighted by Crippen LogP contribution is 2.37. The van der Waals surface area contributed by atoms with E-state index >= 15 is 0 Å². The first-order chi connectivity index (χ1) is 14.1. The van der Waals surface area contributed by atoms with Gasteiger partial charge in [-0.1, -0.05) is 11.6 Å². The molecule has 1 amide bonds. The Morgan fingerprint density at radius 3 is 2.58 bits per heavy atom. The van der Waals surface area contributed by atoms with Crippen LogP contribution in [-0.2, 0) is 0 Å². The van der Waals surface area contributed by atoms with Gasteiger partial charge in [-0.25, -0.2) is 4.98 Å². The number of carbonyl (C=O) groups excluding carboxylic acids is 1. The standard InChI is InChI=1S/C24H26N4O.2ClH/c1-17-4-5-21-19(13-17)20(14-22(27-21)18-3-2-9-25-15-18)23(29)28-11-7-24(8-12-28)6-10-26-16-24;;/h2-5,9,13-15,26H,6-8,10-12,16H2,1H3;2*1H. The molecule has 7 heteroatoms. The highest BCUT2D eigenvalue weighted by molar-refractivity contribution is 6.07. The number of nitrogens with zero attached hydrogens (tertiary/aromatic N) is 3. The normalized spacial score (nSPS) is 17.3. The molecule has 3 aromatic rings. The fourth-order valence-electron chi connectivity index (χ4n) is 4.76. The summed E-state index contributed by atoms with van der Waals surface area (Å²) in [6, 6.07) is 12.0. The Hall–Kier alpha value is -2.21. The maximum absolute atomic E-state index is 13.6. The van der Waals surface area contributed by atoms with Crippen LogP contribution in [0.5, 0.6) is 0 Å². The van der Waals surface area contributed by atoms with Gasteiger partial charge in [-0.3, -0.25) is 9.78 Å². The first-order valence-corrected chi connectivity index (χ1v) is 10.5. The molecule has 5 nitrogen and oxygen atoms in total. The Bertz CT molecular complexity index is 1060. The van der Waals surface area contributed by atoms with Crippen molar-refractivity contribution >= 4 is 41.6 Å². The Morgan fingerprint density at radius 2 is 1.90 bits per heavy atom. The van der Waals surface area contributed by atoms with Gasteiger partial charge in [0.25, 0.3) is 5.91 Å². The summed E-state index contributed by atoms with van der Waals surface area (Å²) in [5.41, 5.74) is 4.86. The molecule has 0 atom stereocenters. The van der Waals surface area contributed by atoms with Crippen LogP contribution in [0.2, 0.25) is 0 Å². The van der Waals surface area contributed by atoms with Crippen molar-refractivity contribution in [3.05, 3.63) is 59.9 Å². The van der Waals surface area contributed by atoms with Crippen molar-refractivity contribution in [2.45, 2.75) is 26.2 Å². The number of hydrogen-bond donors (Lipinski definition) is 1. The number of likely N-dealkylation sites (tertiary alicyclic amines) is 1. The van der Waals surface area contributed by atoms with E-state index in [9.17, 15) is 4.79 Å². The number of fused-ring (bicyclic) bond motifs is 1. The van der Waals surface area contributed by atoms with Gasteiger partial charge in [0.15, 0.2) is 0 Å². The Labute approximate surface area is 195 Å². The Kier molecular flexibility index (Phi) is 7.20. The number of aryl methyl sites for hydroxylation is 1. The second-order valence-electron chi connectivity index (χ2n) is 8.54. The quantitative estimate of drug-likeness (QED) is 0.606. The van der Waals surface area contributed by atoms with Crippen molar-refractivity contribution in [1.82, 2.24) is 20.2 Å². The molecule has 0 unspecified atom stereocenters. The molecule has 0 aliphatic carbocycles. The van der Waals surface area contributed by atoms with Crippen LogP contribution in [0.3, 0.4) is 0 Å². The van der Waals surface area contributed by atoms with Crippen LogP contribution in [-0.4, -0.2) is 47.0 Å². The molecule has 1 N–H and O–H groups in total. The topological polar surface area (TPSA) is 58.1 Å². The molecule has 2 saturated heterocycles. The molecule has 5 rings (SSSR count). The van der Waals surface area contributed by atoms with Crippen LogP contribution in [0.1, 0.15) is 35.2 Å². The predicted octanol–water partition coefficient (Wildman–Crippen LogP) is 4.66. The number of benzene rings is 1. The maximum atomic E-state index is 13.6. The molecule has 164 valence electrons. The average molecular weight is 459 g/mol. The number of halogens is 2. The van der Waals surface area contributed by atoms with E-state index in [-0.39, 0.29) is 30.7 Å². The second-order valence-corrected chi connectivity index (χ2v) is 8.54. The van der Waals surface area contributed by atoms with Gasteiger partial charge in [0, 0.05) is 43.0 Å². The molecule has 0 radical (unpaired) electrons. The third-order valence-corrected chi connectivity index (χ3v) is 6.60. The van der Waals surface area contributed by atoms with E-state index < -0.39 is 0 Å². The van der Waals surface area contributed by atoms with Gasteiger partial charge in [0.05, 0.1) is 16.8 Å². The molecule has 2 aliphatic rings. The smallest absolute Gasteiger partial charge is 0.254 e. The molecule has 31 heavy (non-hydrogen) atoms. The zero-order chi connectivity index (χ0) is 19.8. The number of carbonyl (C=O) groups is 1. The van der Waals surface area contributed by atoms with Gasteiger partial charge in [-0.15, -0.1) is 24.8 Å². The fourth-order valence-corrected chi connectivity index (χ4v) is 4.76. The summed E-state index contributed by atoms with van der Waals surface area (Å²) in [4.78, 5) is 24.6. The molecule has 2 fully saturated rings. The van der Waals surface area contributed by atoms with E-state index in [1.807, 2.05) is 35.2 Å².